The summed E-state index contributed by atoms with van der Waals surface area (Å²) in [6, 6.07) is 5.36. The van der Waals surface area contributed by atoms with Crippen molar-refractivity contribution in [2.45, 2.75) is 32.8 Å². The van der Waals surface area contributed by atoms with E-state index < -0.39 is 0 Å². The van der Waals surface area contributed by atoms with E-state index >= 15 is 0 Å². The molecule has 1 aromatic carbocycles. The zero-order chi connectivity index (χ0) is 12.7. The molecule has 1 unspecified atom stereocenters. The van der Waals surface area contributed by atoms with Crippen LogP contribution in [0, 0.1) is 0 Å². The maximum atomic E-state index is 5.94. The minimum Gasteiger partial charge on any atom is -0.489 e. The van der Waals surface area contributed by atoms with Crippen LogP contribution in [0.3, 0.4) is 0 Å². The first-order chi connectivity index (χ1) is 8.17. The van der Waals surface area contributed by atoms with Crippen LogP contribution in [0.4, 0.5) is 0 Å². The molecular weight excluding hydrogens is 257 g/mol. The number of hydrogen-bond acceptors (Lipinski definition) is 2. The second-order valence-electron chi connectivity index (χ2n) is 3.93. The third-order valence-corrected chi connectivity index (χ3v) is 3.19. The van der Waals surface area contributed by atoms with E-state index in [2.05, 4.69) is 19.2 Å². The van der Waals surface area contributed by atoms with Crippen molar-refractivity contribution in [1.82, 2.24) is 5.32 Å². The summed E-state index contributed by atoms with van der Waals surface area (Å²) in [5.74, 6) is 0.768. The quantitative estimate of drug-likeness (QED) is 0.755. The molecule has 1 rings (SSSR count). The molecule has 17 heavy (non-hydrogen) atoms. The Morgan fingerprint density at radius 3 is 2.59 bits per heavy atom. The molecule has 0 saturated carbocycles. The van der Waals surface area contributed by atoms with E-state index in [9.17, 15) is 0 Å². The van der Waals surface area contributed by atoms with Gasteiger partial charge in [-0.1, -0.05) is 37.0 Å². The van der Waals surface area contributed by atoms with Crippen molar-refractivity contribution in [3.05, 3.63) is 28.2 Å². The molecule has 2 nitrogen and oxygen atoms in total. The highest BCUT2D eigenvalue weighted by Crippen LogP contribution is 2.27. The predicted molar refractivity (Wildman–Crippen MR) is 74.3 cm³/mol. The fourth-order valence-electron chi connectivity index (χ4n) is 1.45. The highest BCUT2D eigenvalue weighted by Gasteiger charge is 2.08. The summed E-state index contributed by atoms with van der Waals surface area (Å²) in [5.41, 5.74) is 0. The molecule has 1 atom stereocenters. The van der Waals surface area contributed by atoms with E-state index in [-0.39, 0.29) is 6.10 Å². The normalized spacial score (nSPS) is 12.5. The number of nitrogens with one attached hydrogen (secondary N) is 1. The van der Waals surface area contributed by atoms with Gasteiger partial charge in [0.2, 0.25) is 0 Å². The summed E-state index contributed by atoms with van der Waals surface area (Å²) in [6.07, 6.45) is 2.25. The van der Waals surface area contributed by atoms with E-state index in [1.165, 1.54) is 0 Å². The predicted octanol–water partition coefficient (Wildman–Crippen LogP) is 4.15. The Morgan fingerprint density at radius 2 is 2.00 bits per heavy atom. The zero-order valence-corrected chi connectivity index (χ0v) is 11.8. The zero-order valence-electron chi connectivity index (χ0n) is 10.3. The van der Waals surface area contributed by atoms with Gasteiger partial charge in [0.15, 0.2) is 0 Å². The average molecular weight is 276 g/mol. The number of hydrogen-bond donors (Lipinski definition) is 1. The maximum absolute atomic E-state index is 5.94. The van der Waals surface area contributed by atoms with E-state index in [1.807, 2.05) is 6.07 Å². The third kappa shape index (κ3) is 5.15. The van der Waals surface area contributed by atoms with Crippen LogP contribution in [-0.2, 0) is 0 Å². The van der Waals surface area contributed by atoms with Gasteiger partial charge in [-0.05, 0) is 31.5 Å². The summed E-state index contributed by atoms with van der Waals surface area (Å²) in [6.45, 7) is 6.12. The Kier molecular flexibility index (Phi) is 6.71. The Morgan fingerprint density at radius 1 is 1.24 bits per heavy atom. The molecule has 0 aliphatic carbocycles. The molecule has 96 valence electrons. The standard InChI is InChI=1S/C13H19Cl2NO/c1-3-7-16-9-10(4-2)17-11-5-6-12(14)13(15)8-11/h5-6,8,10,16H,3-4,7,9H2,1-2H3. The monoisotopic (exact) mass is 275 g/mol. The molecule has 0 fully saturated rings. The Balaban J connectivity index is 2.51. The van der Waals surface area contributed by atoms with Crippen molar-refractivity contribution in [3.63, 3.8) is 0 Å². The average Bonchev–Trinajstić information content (AvgIpc) is 2.32. The fraction of sp³-hybridized carbons (Fsp3) is 0.538. The van der Waals surface area contributed by atoms with Gasteiger partial charge in [0.1, 0.15) is 11.9 Å². The van der Waals surface area contributed by atoms with Gasteiger partial charge >= 0.3 is 0 Å². The lowest BCUT2D eigenvalue weighted by Gasteiger charge is -2.18. The van der Waals surface area contributed by atoms with Crippen LogP contribution >= 0.6 is 23.2 Å². The SMILES string of the molecule is CCCNCC(CC)Oc1ccc(Cl)c(Cl)c1. The number of benzene rings is 1. The van der Waals surface area contributed by atoms with Gasteiger partial charge in [0.25, 0.3) is 0 Å². The first-order valence-electron chi connectivity index (χ1n) is 5.99. The first-order valence-corrected chi connectivity index (χ1v) is 6.75. The van der Waals surface area contributed by atoms with Crippen molar-refractivity contribution in [1.29, 1.82) is 0 Å². The van der Waals surface area contributed by atoms with Gasteiger partial charge in [-0.3, -0.25) is 0 Å². The van der Waals surface area contributed by atoms with Crippen LogP contribution in [0.1, 0.15) is 26.7 Å². The van der Waals surface area contributed by atoms with Gasteiger partial charge in [-0.25, -0.2) is 0 Å². The summed E-state index contributed by atoms with van der Waals surface area (Å²) in [5, 5.41) is 4.43. The Bertz CT molecular complexity index is 344. The van der Waals surface area contributed by atoms with Gasteiger partial charge in [0.05, 0.1) is 10.0 Å². The van der Waals surface area contributed by atoms with E-state index in [1.54, 1.807) is 12.1 Å². The van der Waals surface area contributed by atoms with Gasteiger partial charge < -0.3 is 10.1 Å². The minimum atomic E-state index is 0.166. The number of halogens is 2. The van der Waals surface area contributed by atoms with Gasteiger partial charge in [0, 0.05) is 12.6 Å². The molecule has 0 spiro atoms. The van der Waals surface area contributed by atoms with E-state index in [0.717, 1.165) is 31.7 Å². The first kappa shape index (κ1) is 14.6. The lowest BCUT2D eigenvalue weighted by atomic mass is 10.2. The molecule has 0 bridgehead atoms. The van der Waals surface area contributed by atoms with Crippen LogP contribution in [0.15, 0.2) is 18.2 Å². The Labute approximate surface area is 113 Å². The molecule has 0 aliphatic rings. The molecule has 1 aromatic rings. The molecule has 0 radical (unpaired) electrons. The van der Waals surface area contributed by atoms with Gasteiger partial charge in [-0.15, -0.1) is 0 Å². The number of rotatable bonds is 7. The molecule has 0 aliphatic heterocycles. The largest absolute Gasteiger partial charge is 0.489 e. The highest BCUT2D eigenvalue weighted by molar-refractivity contribution is 6.42. The molecule has 4 heteroatoms. The lowest BCUT2D eigenvalue weighted by Crippen LogP contribution is -2.31. The van der Waals surface area contributed by atoms with Crippen molar-refractivity contribution >= 4 is 23.2 Å². The van der Waals surface area contributed by atoms with Crippen LogP contribution in [0.2, 0.25) is 10.0 Å². The molecule has 0 amide bonds. The molecule has 0 saturated heterocycles. The van der Waals surface area contributed by atoms with Crippen LogP contribution in [0.5, 0.6) is 5.75 Å². The van der Waals surface area contributed by atoms with Crippen LogP contribution in [-0.4, -0.2) is 19.2 Å². The van der Waals surface area contributed by atoms with E-state index in [4.69, 9.17) is 27.9 Å². The maximum Gasteiger partial charge on any atom is 0.121 e. The highest BCUT2D eigenvalue weighted by atomic mass is 35.5. The molecule has 0 heterocycles. The van der Waals surface area contributed by atoms with Crippen LogP contribution in [0.25, 0.3) is 0 Å². The second-order valence-corrected chi connectivity index (χ2v) is 4.74. The summed E-state index contributed by atoms with van der Waals surface area (Å²) in [7, 11) is 0. The van der Waals surface area contributed by atoms with Crippen molar-refractivity contribution in [2.75, 3.05) is 13.1 Å². The van der Waals surface area contributed by atoms with Crippen LogP contribution < -0.4 is 10.1 Å². The summed E-state index contributed by atoms with van der Waals surface area (Å²) < 4.78 is 5.84. The third-order valence-electron chi connectivity index (χ3n) is 2.45. The van der Waals surface area contributed by atoms with Crippen molar-refractivity contribution in [2.24, 2.45) is 0 Å². The topological polar surface area (TPSA) is 21.3 Å². The lowest BCUT2D eigenvalue weighted by molar-refractivity contribution is 0.193. The smallest absolute Gasteiger partial charge is 0.121 e. The van der Waals surface area contributed by atoms with Crippen molar-refractivity contribution in [3.8, 4) is 5.75 Å². The molecule has 0 aromatic heterocycles. The second kappa shape index (κ2) is 7.80. The van der Waals surface area contributed by atoms with Crippen molar-refractivity contribution < 1.29 is 4.74 Å². The molecular formula is C13H19Cl2NO. The van der Waals surface area contributed by atoms with Gasteiger partial charge in [-0.2, -0.15) is 0 Å². The van der Waals surface area contributed by atoms with E-state index in [0.29, 0.717) is 10.0 Å². The fourth-order valence-corrected chi connectivity index (χ4v) is 1.74. The Hall–Kier alpha value is -0.440. The molecule has 1 N–H and O–H groups in total. The summed E-state index contributed by atoms with van der Waals surface area (Å²) in [4.78, 5) is 0. The number of ether oxygens (including phenoxy) is 1. The summed E-state index contributed by atoms with van der Waals surface area (Å²) >= 11 is 11.8. The minimum absolute atomic E-state index is 0.166.